The van der Waals surface area contributed by atoms with Crippen LogP contribution >= 0.6 is 0 Å². The molecule has 5 nitrogen and oxygen atoms in total. The standard InChI is InChI=1S/C34H33NO4/c1-20-14-25(18-24-10-12-26(38-5)13-11-24)33-29(15-20)32(27-8-6-7-9-30(27)35-33)34(37)39-19-31(36)28-17-22(3)21(2)16-23(28)4/h6-13,16-18,20H,14-15,19H2,1-5H3. The zero-order valence-electron chi connectivity index (χ0n) is 23.1. The smallest absolute Gasteiger partial charge is 0.339 e. The lowest BCUT2D eigenvalue weighted by Crippen LogP contribution is -2.21. The highest BCUT2D eigenvalue weighted by molar-refractivity contribution is 6.08. The molecule has 0 spiro atoms. The Morgan fingerprint density at radius 1 is 0.949 bits per heavy atom. The van der Waals surface area contributed by atoms with E-state index in [1.165, 1.54) is 0 Å². The molecule has 1 aliphatic carbocycles. The predicted molar refractivity (Wildman–Crippen MR) is 155 cm³/mol. The molecular formula is C34H33NO4. The van der Waals surface area contributed by atoms with E-state index in [1.54, 1.807) is 7.11 Å². The number of carbonyl (C=O) groups is 2. The summed E-state index contributed by atoms with van der Waals surface area (Å²) in [7, 11) is 1.65. The number of methoxy groups -OCH3 is 1. The molecule has 0 bridgehead atoms. The fourth-order valence-electron chi connectivity index (χ4n) is 5.41. The van der Waals surface area contributed by atoms with Gasteiger partial charge in [-0.1, -0.05) is 43.3 Å². The van der Waals surface area contributed by atoms with Crippen molar-refractivity contribution in [2.75, 3.05) is 13.7 Å². The summed E-state index contributed by atoms with van der Waals surface area (Å²) < 4.78 is 11.0. The van der Waals surface area contributed by atoms with Gasteiger partial charge >= 0.3 is 5.97 Å². The zero-order chi connectivity index (χ0) is 27.7. The van der Waals surface area contributed by atoms with E-state index in [9.17, 15) is 9.59 Å². The molecule has 39 heavy (non-hydrogen) atoms. The minimum absolute atomic E-state index is 0.204. The highest BCUT2D eigenvalue weighted by atomic mass is 16.5. The Balaban J connectivity index is 1.53. The molecule has 5 rings (SSSR count). The first-order valence-corrected chi connectivity index (χ1v) is 13.3. The topological polar surface area (TPSA) is 65.5 Å². The second-order valence-corrected chi connectivity index (χ2v) is 10.5. The van der Waals surface area contributed by atoms with Crippen LogP contribution in [0.1, 0.15) is 67.6 Å². The van der Waals surface area contributed by atoms with Crippen LogP contribution in [0, 0.1) is 26.7 Å². The van der Waals surface area contributed by atoms with Crippen molar-refractivity contribution in [1.82, 2.24) is 4.98 Å². The molecule has 1 unspecified atom stereocenters. The monoisotopic (exact) mass is 519 g/mol. The van der Waals surface area contributed by atoms with Gasteiger partial charge in [-0.05, 0) is 103 Å². The molecular weight excluding hydrogens is 486 g/mol. The van der Waals surface area contributed by atoms with Gasteiger partial charge in [0, 0.05) is 10.9 Å². The molecule has 0 saturated heterocycles. The summed E-state index contributed by atoms with van der Waals surface area (Å²) in [4.78, 5) is 31.8. The normalized spacial score (nSPS) is 15.7. The number of aryl methyl sites for hydroxylation is 3. The van der Waals surface area contributed by atoms with Crippen LogP contribution in [-0.4, -0.2) is 30.5 Å². The SMILES string of the molecule is COc1ccc(C=C2CC(C)Cc3c2nc2ccccc2c3C(=O)OCC(=O)c2cc(C)c(C)cc2C)cc1. The average Bonchev–Trinajstić information content (AvgIpc) is 2.93. The van der Waals surface area contributed by atoms with Gasteiger partial charge in [0.15, 0.2) is 6.61 Å². The van der Waals surface area contributed by atoms with Crippen molar-refractivity contribution in [1.29, 1.82) is 0 Å². The molecule has 0 N–H and O–H groups in total. The van der Waals surface area contributed by atoms with E-state index in [0.29, 0.717) is 23.5 Å². The molecule has 198 valence electrons. The fourth-order valence-corrected chi connectivity index (χ4v) is 5.41. The van der Waals surface area contributed by atoms with Gasteiger partial charge < -0.3 is 9.47 Å². The van der Waals surface area contributed by atoms with Crippen LogP contribution in [0.4, 0.5) is 0 Å². The summed E-state index contributed by atoms with van der Waals surface area (Å²) in [6, 6.07) is 19.4. The number of benzene rings is 3. The number of rotatable bonds is 6. The lowest BCUT2D eigenvalue weighted by molar-refractivity contribution is 0.0475. The predicted octanol–water partition coefficient (Wildman–Crippen LogP) is 7.33. The maximum atomic E-state index is 13.7. The number of aromatic nitrogens is 1. The number of hydrogen-bond donors (Lipinski definition) is 0. The second-order valence-electron chi connectivity index (χ2n) is 10.5. The number of esters is 1. The molecule has 1 heterocycles. The molecule has 3 aromatic carbocycles. The zero-order valence-corrected chi connectivity index (χ0v) is 23.1. The van der Waals surface area contributed by atoms with Crippen molar-refractivity contribution in [2.24, 2.45) is 5.92 Å². The van der Waals surface area contributed by atoms with Crippen LogP contribution in [0.5, 0.6) is 5.75 Å². The number of nitrogens with zero attached hydrogens (tertiary/aromatic N) is 1. The number of allylic oxidation sites excluding steroid dienone is 1. The van der Waals surface area contributed by atoms with Crippen molar-refractivity contribution in [3.8, 4) is 5.75 Å². The molecule has 5 heteroatoms. The Bertz CT molecular complexity index is 1620. The van der Waals surface area contributed by atoms with Crippen molar-refractivity contribution in [3.63, 3.8) is 0 Å². The Hall–Kier alpha value is -4.25. The van der Waals surface area contributed by atoms with E-state index >= 15 is 0 Å². The molecule has 1 atom stereocenters. The average molecular weight is 520 g/mol. The van der Waals surface area contributed by atoms with E-state index < -0.39 is 5.97 Å². The third-order valence-electron chi connectivity index (χ3n) is 7.55. The summed E-state index contributed by atoms with van der Waals surface area (Å²) >= 11 is 0. The van der Waals surface area contributed by atoms with Gasteiger partial charge in [0.05, 0.1) is 23.9 Å². The third-order valence-corrected chi connectivity index (χ3v) is 7.55. The molecule has 0 saturated carbocycles. The first-order chi connectivity index (χ1) is 18.7. The molecule has 4 aromatic rings. The number of pyridine rings is 1. The molecule has 0 radical (unpaired) electrons. The van der Waals surface area contributed by atoms with E-state index in [0.717, 1.165) is 62.2 Å². The molecule has 1 aromatic heterocycles. The van der Waals surface area contributed by atoms with Gasteiger partial charge in [-0.2, -0.15) is 0 Å². The number of fused-ring (bicyclic) bond motifs is 2. The maximum absolute atomic E-state index is 13.7. The van der Waals surface area contributed by atoms with Gasteiger partial charge in [0.1, 0.15) is 5.75 Å². The van der Waals surface area contributed by atoms with Crippen LogP contribution in [0.25, 0.3) is 22.6 Å². The first-order valence-electron chi connectivity index (χ1n) is 13.3. The summed E-state index contributed by atoms with van der Waals surface area (Å²) in [5.74, 6) is 0.424. The van der Waals surface area contributed by atoms with Crippen molar-refractivity contribution in [3.05, 3.63) is 105 Å². The van der Waals surface area contributed by atoms with Gasteiger partial charge in [-0.15, -0.1) is 0 Å². The molecule has 0 fully saturated rings. The van der Waals surface area contributed by atoms with E-state index in [4.69, 9.17) is 14.5 Å². The quantitative estimate of drug-likeness (QED) is 0.197. The number of para-hydroxylation sites is 1. The highest BCUT2D eigenvalue weighted by Gasteiger charge is 2.29. The van der Waals surface area contributed by atoms with Crippen molar-refractivity contribution < 1.29 is 19.1 Å². The van der Waals surface area contributed by atoms with E-state index in [1.807, 2.05) is 81.4 Å². The molecule has 0 aliphatic heterocycles. The third kappa shape index (κ3) is 5.35. The van der Waals surface area contributed by atoms with Crippen molar-refractivity contribution >= 4 is 34.3 Å². The number of Topliss-reactive ketones (excluding diaryl/α,β-unsaturated/α-hetero) is 1. The Labute approximate surface area is 229 Å². The van der Waals surface area contributed by atoms with Crippen LogP contribution in [0.15, 0.2) is 60.7 Å². The Morgan fingerprint density at radius 2 is 1.67 bits per heavy atom. The first kappa shape index (κ1) is 26.4. The minimum atomic E-state index is -0.488. The van der Waals surface area contributed by atoms with Gasteiger partial charge in [-0.3, -0.25) is 4.79 Å². The highest BCUT2D eigenvalue weighted by Crippen LogP contribution is 2.39. The lowest BCUT2D eigenvalue weighted by Gasteiger charge is -2.26. The van der Waals surface area contributed by atoms with E-state index in [2.05, 4.69) is 13.0 Å². The lowest BCUT2D eigenvalue weighted by atomic mass is 9.80. The number of ether oxygens (including phenoxy) is 2. The molecule has 1 aliphatic rings. The maximum Gasteiger partial charge on any atom is 0.339 e. The van der Waals surface area contributed by atoms with Crippen LogP contribution in [0.2, 0.25) is 0 Å². The van der Waals surface area contributed by atoms with Crippen LogP contribution < -0.4 is 4.74 Å². The largest absolute Gasteiger partial charge is 0.497 e. The van der Waals surface area contributed by atoms with Crippen molar-refractivity contribution in [2.45, 2.75) is 40.5 Å². The number of ketones is 1. The molecule has 0 amide bonds. The second kappa shape index (κ2) is 10.9. The summed E-state index contributed by atoms with van der Waals surface area (Å²) in [5.41, 5.74) is 8.70. The van der Waals surface area contributed by atoms with E-state index in [-0.39, 0.29) is 12.4 Å². The van der Waals surface area contributed by atoms with Crippen LogP contribution in [-0.2, 0) is 11.2 Å². The van der Waals surface area contributed by atoms with Crippen LogP contribution in [0.3, 0.4) is 0 Å². The summed E-state index contributed by atoms with van der Waals surface area (Å²) in [6.07, 6.45) is 3.70. The summed E-state index contributed by atoms with van der Waals surface area (Å²) in [6.45, 7) is 7.78. The minimum Gasteiger partial charge on any atom is -0.497 e. The number of hydrogen-bond acceptors (Lipinski definition) is 5. The number of carbonyl (C=O) groups excluding carboxylic acids is 2. The Morgan fingerprint density at radius 3 is 2.41 bits per heavy atom. The fraction of sp³-hybridized carbons (Fsp3) is 0.265. The summed E-state index contributed by atoms with van der Waals surface area (Å²) in [5, 5.41) is 0.744. The Kier molecular flexibility index (Phi) is 7.34. The van der Waals surface area contributed by atoms with Gasteiger partial charge in [-0.25, -0.2) is 9.78 Å². The van der Waals surface area contributed by atoms with Gasteiger partial charge in [0.2, 0.25) is 5.78 Å². The van der Waals surface area contributed by atoms with Gasteiger partial charge in [0.25, 0.3) is 0 Å².